The number of rotatable bonds is 2. The molecule has 0 saturated carbocycles. The van der Waals surface area contributed by atoms with Gasteiger partial charge in [-0.3, -0.25) is 0 Å². The molecule has 0 rings (SSSR count). The molecule has 1 radical (unpaired) electrons. The Morgan fingerprint density at radius 3 is 2.14 bits per heavy atom. The summed E-state index contributed by atoms with van der Waals surface area (Å²) in [6.45, 7) is 8.20. The fourth-order valence-electron chi connectivity index (χ4n) is 0.163. The van der Waals surface area contributed by atoms with Crippen LogP contribution < -0.4 is 0 Å². The molecule has 2 heteroatoms. The number of aliphatic hydroxyl groups excluding tert-OH is 1. The maximum absolute atomic E-state index is 8.46. The van der Waals surface area contributed by atoms with Gasteiger partial charge in [-0.05, 0) is 20.3 Å². The van der Waals surface area contributed by atoms with Crippen molar-refractivity contribution in [1.82, 2.24) is 0 Å². The van der Waals surface area contributed by atoms with E-state index in [4.69, 9.17) is 5.11 Å². The molecule has 0 aromatic heterocycles. The van der Waals surface area contributed by atoms with E-state index in [0.29, 0.717) is 0 Å². The van der Waals surface area contributed by atoms with Gasteiger partial charge in [0, 0.05) is 12.3 Å². The summed E-state index contributed by atoms with van der Waals surface area (Å²) in [5.41, 5.74) is 0.273. The zero-order valence-electron chi connectivity index (χ0n) is 4.89. The highest BCUT2D eigenvalue weighted by Gasteiger charge is 2.01. The second kappa shape index (κ2) is 3.40. The first-order valence-electron chi connectivity index (χ1n) is 2.29. The van der Waals surface area contributed by atoms with Crippen molar-refractivity contribution in [2.45, 2.75) is 5.66 Å². The first kappa shape index (κ1) is 7.39. The molecule has 0 heterocycles. The van der Waals surface area contributed by atoms with Crippen LogP contribution in [-0.2, 0) is 0 Å². The lowest BCUT2D eigenvalue weighted by atomic mass is 10.5. The third-order valence-corrected chi connectivity index (χ3v) is 2.56. The third-order valence-electron chi connectivity index (χ3n) is 0.941. The van der Waals surface area contributed by atoms with Crippen LogP contribution in [0.1, 0.15) is 0 Å². The highest BCUT2D eigenvalue weighted by Crippen LogP contribution is 2.30. The molecule has 0 aliphatic rings. The zero-order valence-corrected chi connectivity index (χ0v) is 5.78. The second-order valence-corrected chi connectivity index (χ2v) is 4.46. The molecule has 0 aromatic rings. The van der Waals surface area contributed by atoms with Gasteiger partial charge < -0.3 is 5.11 Å². The number of hydrogen-bond donors (Lipinski definition) is 1. The van der Waals surface area contributed by atoms with Gasteiger partial charge in [-0.1, -0.05) is 0 Å². The molecular weight excluding hydrogens is 107 g/mol. The topological polar surface area (TPSA) is 20.2 Å². The standard InChI is InChI=1S/C5H12OP/c1-5(4-6)7(2)3/h5-6H,1,4H2,2-3H3. The minimum Gasteiger partial charge on any atom is -0.396 e. The van der Waals surface area contributed by atoms with Gasteiger partial charge in [-0.25, -0.2) is 0 Å². The first-order chi connectivity index (χ1) is 3.18. The lowest BCUT2D eigenvalue weighted by Crippen LogP contribution is -2.03. The van der Waals surface area contributed by atoms with Crippen molar-refractivity contribution < 1.29 is 5.11 Å². The van der Waals surface area contributed by atoms with E-state index in [1.807, 2.05) is 0 Å². The van der Waals surface area contributed by atoms with Crippen molar-refractivity contribution in [3.05, 3.63) is 6.92 Å². The van der Waals surface area contributed by atoms with E-state index in [2.05, 4.69) is 20.3 Å². The predicted molar refractivity (Wildman–Crippen MR) is 35.0 cm³/mol. The minimum absolute atomic E-state index is 0.0229. The van der Waals surface area contributed by atoms with Gasteiger partial charge in [0.15, 0.2) is 0 Å². The molecule has 0 aliphatic heterocycles. The summed E-state index contributed by atoms with van der Waals surface area (Å²) in [6.07, 6.45) is 0. The molecule has 0 aromatic carbocycles. The first-order valence-corrected chi connectivity index (χ1v) is 4.59. The molecule has 1 unspecified atom stereocenters. The van der Waals surface area contributed by atoms with Gasteiger partial charge in [0.25, 0.3) is 0 Å². The van der Waals surface area contributed by atoms with Crippen LogP contribution in [0.2, 0.25) is 0 Å². The largest absolute Gasteiger partial charge is 0.396 e. The van der Waals surface area contributed by atoms with Crippen molar-refractivity contribution >= 4 is 7.92 Å². The maximum atomic E-state index is 8.46. The molecule has 1 N–H and O–H groups in total. The summed E-state index contributed by atoms with van der Waals surface area (Å²) in [7, 11) is -0.0229. The van der Waals surface area contributed by atoms with Crippen LogP contribution in [0.3, 0.4) is 0 Å². The molecular formula is C5H12OP. The molecule has 0 aliphatic carbocycles. The molecule has 0 bridgehead atoms. The van der Waals surface area contributed by atoms with Crippen LogP contribution in [0.25, 0.3) is 0 Å². The minimum atomic E-state index is -0.0229. The highest BCUT2D eigenvalue weighted by atomic mass is 31.1. The van der Waals surface area contributed by atoms with Crippen LogP contribution in [0.15, 0.2) is 0 Å². The lowest BCUT2D eigenvalue weighted by Gasteiger charge is -2.10. The summed E-state index contributed by atoms with van der Waals surface area (Å²) < 4.78 is 0. The molecule has 1 atom stereocenters. The fraction of sp³-hybridized carbons (Fsp3) is 0.800. The van der Waals surface area contributed by atoms with Gasteiger partial charge in [-0.2, -0.15) is 0 Å². The Morgan fingerprint density at radius 1 is 1.71 bits per heavy atom. The smallest absolute Gasteiger partial charge is 0.0498 e. The highest BCUT2D eigenvalue weighted by molar-refractivity contribution is 7.56. The van der Waals surface area contributed by atoms with Gasteiger partial charge in [0.05, 0.1) is 0 Å². The van der Waals surface area contributed by atoms with Crippen molar-refractivity contribution in [3.8, 4) is 0 Å². The maximum Gasteiger partial charge on any atom is 0.0498 e. The van der Waals surface area contributed by atoms with E-state index >= 15 is 0 Å². The molecule has 43 valence electrons. The summed E-state index contributed by atoms with van der Waals surface area (Å²) in [4.78, 5) is 0. The summed E-state index contributed by atoms with van der Waals surface area (Å²) in [5, 5.41) is 8.46. The Kier molecular flexibility index (Phi) is 3.59. The van der Waals surface area contributed by atoms with E-state index in [9.17, 15) is 0 Å². The normalized spacial score (nSPS) is 15.0. The Balaban J connectivity index is 3.14. The summed E-state index contributed by atoms with van der Waals surface area (Å²) in [5.74, 6) is 0. The fourth-order valence-corrected chi connectivity index (χ4v) is 0.490. The zero-order chi connectivity index (χ0) is 5.86. The Hall–Kier alpha value is 0.390. The molecule has 0 amide bonds. The van der Waals surface area contributed by atoms with E-state index < -0.39 is 0 Å². The molecule has 0 spiro atoms. The van der Waals surface area contributed by atoms with Gasteiger partial charge in [0.2, 0.25) is 0 Å². The van der Waals surface area contributed by atoms with Crippen molar-refractivity contribution in [2.24, 2.45) is 0 Å². The average molecular weight is 119 g/mol. The predicted octanol–water partition coefficient (Wildman–Crippen LogP) is 0.923. The van der Waals surface area contributed by atoms with Crippen molar-refractivity contribution in [2.75, 3.05) is 19.9 Å². The molecule has 0 saturated heterocycles. The second-order valence-electron chi connectivity index (χ2n) is 1.80. The number of aliphatic hydroxyl groups is 1. The van der Waals surface area contributed by atoms with Crippen LogP contribution in [0.4, 0.5) is 0 Å². The average Bonchev–Trinajstić information content (AvgIpc) is 1.65. The van der Waals surface area contributed by atoms with E-state index in [-0.39, 0.29) is 20.2 Å². The monoisotopic (exact) mass is 119 g/mol. The number of hydrogen-bond acceptors (Lipinski definition) is 1. The quantitative estimate of drug-likeness (QED) is 0.536. The van der Waals surface area contributed by atoms with Crippen molar-refractivity contribution in [3.63, 3.8) is 0 Å². The van der Waals surface area contributed by atoms with Gasteiger partial charge in [-0.15, -0.1) is 7.92 Å². The summed E-state index contributed by atoms with van der Waals surface area (Å²) >= 11 is 0. The molecule has 1 nitrogen and oxygen atoms in total. The van der Waals surface area contributed by atoms with Crippen molar-refractivity contribution in [1.29, 1.82) is 0 Å². The lowest BCUT2D eigenvalue weighted by molar-refractivity contribution is 0.305. The Labute approximate surface area is 46.5 Å². The summed E-state index contributed by atoms with van der Waals surface area (Å²) in [6, 6.07) is 0. The Bertz CT molecular complexity index is 45.3. The van der Waals surface area contributed by atoms with E-state index in [1.165, 1.54) is 0 Å². The van der Waals surface area contributed by atoms with Gasteiger partial charge >= 0.3 is 0 Å². The SMILES string of the molecule is [CH2]C(CO)P(C)C. The van der Waals surface area contributed by atoms with E-state index in [1.54, 1.807) is 0 Å². The Morgan fingerprint density at radius 2 is 2.14 bits per heavy atom. The van der Waals surface area contributed by atoms with Gasteiger partial charge in [0.1, 0.15) is 0 Å². The van der Waals surface area contributed by atoms with Crippen LogP contribution in [-0.4, -0.2) is 30.7 Å². The van der Waals surface area contributed by atoms with Crippen LogP contribution in [0.5, 0.6) is 0 Å². The molecule has 7 heavy (non-hydrogen) atoms. The van der Waals surface area contributed by atoms with E-state index in [0.717, 1.165) is 0 Å². The van der Waals surface area contributed by atoms with Crippen LogP contribution in [0, 0.1) is 6.92 Å². The van der Waals surface area contributed by atoms with Crippen LogP contribution >= 0.6 is 7.92 Å². The molecule has 0 fully saturated rings. The third kappa shape index (κ3) is 3.02.